The number of nitrogens with zero attached hydrogens (tertiary/aromatic N) is 3. The Hall–Kier alpha value is -2.28. The molecule has 23 heavy (non-hydrogen) atoms. The van der Waals surface area contributed by atoms with Crippen LogP contribution in [0.2, 0.25) is 0 Å². The zero-order chi connectivity index (χ0) is 15.8. The van der Waals surface area contributed by atoms with Gasteiger partial charge < -0.3 is 14.6 Å². The van der Waals surface area contributed by atoms with Crippen molar-refractivity contribution < 1.29 is 13.6 Å². The number of pyridine rings is 1. The van der Waals surface area contributed by atoms with E-state index in [4.69, 9.17) is 4.42 Å². The van der Waals surface area contributed by atoms with Crippen LogP contribution in [-0.4, -0.2) is 46.5 Å². The lowest BCUT2D eigenvalue weighted by Crippen LogP contribution is -2.57. The number of hydrogen-bond donors (Lipinski definition) is 1. The number of halogens is 1. The third kappa shape index (κ3) is 2.84. The highest BCUT2D eigenvalue weighted by atomic mass is 19.1. The SMILES string of the molecule is O=C(NC1CN2CCC1CC2)c1ncc(-c2ccc(F)nc2)o1. The number of fused-ring (bicyclic) bond motifs is 3. The minimum Gasteiger partial charge on any atom is -0.432 e. The molecule has 6 nitrogen and oxygen atoms in total. The van der Waals surface area contributed by atoms with Crippen LogP contribution >= 0.6 is 0 Å². The van der Waals surface area contributed by atoms with Crippen LogP contribution in [-0.2, 0) is 0 Å². The number of carbonyl (C=O) groups is 1. The molecular weight excluding hydrogens is 299 g/mol. The minimum atomic E-state index is -0.561. The fraction of sp³-hybridized carbons (Fsp3) is 0.438. The van der Waals surface area contributed by atoms with Gasteiger partial charge in [-0.3, -0.25) is 4.79 Å². The third-order valence-electron chi connectivity index (χ3n) is 4.68. The molecule has 2 aromatic rings. The molecule has 3 aliphatic heterocycles. The highest BCUT2D eigenvalue weighted by molar-refractivity contribution is 5.90. The Morgan fingerprint density at radius 2 is 2.09 bits per heavy atom. The molecule has 1 atom stereocenters. The van der Waals surface area contributed by atoms with Crippen molar-refractivity contribution in [2.24, 2.45) is 5.92 Å². The lowest BCUT2D eigenvalue weighted by molar-refractivity contribution is 0.0602. The van der Waals surface area contributed by atoms with E-state index in [0.29, 0.717) is 17.2 Å². The molecule has 0 spiro atoms. The molecule has 1 N–H and O–H groups in total. The van der Waals surface area contributed by atoms with Gasteiger partial charge in [-0.1, -0.05) is 0 Å². The summed E-state index contributed by atoms with van der Waals surface area (Å²) < 4.78 is 18.3. The number of carbonyl (C=O) groups excluding carboxylic acids is 1. The van der Waals surface area contributed by atoms with Gasteiger partial charge in [0.2, 0.25) is 5.95 Å². The molecule has 0 saturated carbocycles. The second kappa shape index (κ2) is 5.73. The maximum Gasteiger partial charge on any atom is 0.307 e. The van der Waals surface area contributed by atoms with E-state index in [1.807, 2.05) is 0 Å². The Balaban J connectivity index is 1.46. The molecule has 1 amide bonds. The van der Waals surface area contributed by atoms with Gasteiger partial charge >= 0.3 is 5.91 Å². The first-order chi connectivity index (χ1) is 11.2. The van der Waals surface area contributed by atoms with E-state index in [1.54, 1.807) is 0 Å². The Morgan fingerprint density at radius 1 is 1.26 bits per heavy atom. The van der Waals surface area contributed by atoms with Crippen molar-refractivity contribution in [2.45, 2.75) is 18.9 Å². The smallest absolute Gasteiger partial charge is 0.307 e. The summed E-state index contributed by atoms with van der Waals surface area (Å²) in [5, 5.41) is 3.03. The molecular formula is C16H17FN4O2. The summed E-state index contributed by atoms with van der Waals surface area (Å²) >= 11 is 0. The van der Waals surface area contributed by atoms with Crippen LogP contribution in [0, 0.1) is 11.9 Å². The van der Waals surface area contributed by atoms with Gasteiger partial charge in [-0.05, 0) is 44.0 Å². The number of amides is 1. The van der Waals surface area contributed by atoms with Crippen molar-refractivity contribution in [3.05, 3.63) is 36.4 Å². The van der Waals surface area contributed by atoms with Crippen LogP contribution in [0.5, 0.6) is 0 Å². The predicted molar refractivity (Wildman–Crippen MR) is 80.1 cm³/mol. The quantitative estimate of drug-likeness (QED) is 0.873. The van der Waals surface area contributed by atoms with Crippen molar-refractivity contribution in [1.82, 2.24) is 20.2 Å². The van der Waals surface area contributed by atoms with Crippen molar-refractivity contribution in [3.8, 4) is 11.3 Å². The van der Waals surface area contributed by atoms with Crippen molar-refractivity contribution in [2.75, 3.05) is 19.6 Å². The first-order valence-electron chi connectivity index (χ1n) is 7.80. The van der Waals surface area contributed by atoms with E-state index < -0.39 is 5.95 Å². The molecule has 0 radical (unpaired) electrons. The molecule has 0 aromatic carbocycles. The minimum absolute atomic E-state index is 0.0285. The van der Waals surface area contributed by atoms with Crippen molar-refractivity contribution in [3.63, 3.8) is 0 Å². The maximum absolute atomic E-state index is 12.8. The van der Waals surface area contributed by atoms with Crippen LogP contribution in [0.25, 0.3) is 11.3 Å². The molecule has 3 saturated heterocycles. The van der Waals surface area contributed by atoms with Gasteiger partial charge in [0.15, 0.2) is 5.76 Å². The lowest BCUT2D eigenvalue weighted by Gasteiger charge is -2.44. The van der Waals surface area contributed by atoms with Crippen LogP contribution in [0.15, 0.2) is 28.9 Å². The topological polar surface area (TPSA) is 71.3 Å². The van der Waals surface area contributed by atoms with Gasteiger partial charge in [-0.2, -0.15) is 4.39 Å². The molecule has 1 unspecified atom stereocenters. The number of hydrogen-bond acceptors (Lipinski definition) is 5. The van der Waals surface area contributed by atoms with E-state index in [2.05, 4.69) is 20.2 Å². The van der Waals surface area contributed by atoms with E-state index in [0.717, 1.165) is 32.5 Å². The van der Waals surface area contributed by atoms with E-state index >= 15 is 0 Å². The Morgan fingerprint density at radius 3 is 2.74 bits per heavy atom. The summed E-state index contributed by atoms with van der Waals surface area (Å²) in [6.07, 6.45) is 5.07. The zero-order valence-electron chi connectivity index (χ0n) is 12.5. The normalized spacial score (nSPS) is 26.2. The second-order valence-electron chi connectivity index (χ2n) is 6.12. The number of piperidine rings is 3. The predicted octanol–water partition coefficient (Wildman–Crippen LogP) is 1.70. The lowest BCUT2D eigenvalue weighted by atomic mass is 9.84. The first kappa shape index (κ1) is 14.3. The van der Waals surface area contributed by atoms with Gasteiger partial charge in [0.05, 0.1) is 6.20 Å². The molecule has 2 aromatic heterocycles. The van der Waals surface area contributed by atoms with Crippen LogP contribution in [0.3, 0.4) is 0 Å². The molecule has 0 aliphatic carbocycles. The summed E-state index contributed by atoms with van der Waals surface area (Å²) in [6, 6.07) is 2.94. The largest absolute Gasteiger partial charge is 0.432 e. The molecule has 3 aliphatic rings. The zero-order valence-corrected chi connectivity index (χ0v) is 12.5. The summed E-state index contributed by atoms with van der Waals surface area (Å²) in [7, 11) is 0. The summed E-state index contributed by atoms with van der Waals surface area (Å²) in [4.78, 5) is 22.3. The average molecular weight is 316 g/mol. The number of rotatable bonds is 3. The fourth-order valence-electron chi connectivity index (χ4n) is 3.39. The van der Waals surface area contributed by atoms with Crippen LogP contribution in [0.1, 0.15) is 23.5 Å². The highest BCUT2D eigenvalue weighted by Crippen LogP contribution is 2.28. The van der Waals surface area contributed by atoms with Gasteiger partial charge in [0.1, 0.15) is 0 Å². The molecule has 3 fully saturated rings. The maximum atomic E-state index is 12.8. The van der Waals surface area contributed by atoms with Gasteiger partial charge in [-0.15, -0.1) is 0 Å². The number of aromatic nitrogens is 2. The van der Waals surface area contributed by atoms with Crippen LogP contribution in [0.4, 0.5) is 4.39 Å². The molecule has 5 heterocycles. The van der Waals surface area contributed by atoms with Crippen LogP contribution < -0.4 is 5.32 Å². The van der Waals surface area contributed by atoms with E-state index in [9.17, 15) is 9.18 Å². The second-order valence-corrected chi connectivity index (χ2v) is 6.12. The van der Waals surface area contributed by atoms with Gasteiger partial charge in [0, 0.05) is 24.3 Å². The van der Waals surface area contributed by atoms with Crippen molar-refractivity contribution >= 4 is 5.91 Å². The molecule has 2 bridgehead atoms. The highest BCUT2D eigenvalue weighted by Gasteiger charge is 2.35. The van der Waals surface area contributed by atoms with Gasteiger partial charge in [0.25, 0.3) is 5.89 Å². The Bertz CT molecular complexity index is 707. The molecule has 7 heteroatoms. The standard InChI is InChI=1S/C16H17FN4O2/c17-14-2-1-11(7-18-14)13-8-19-16(23-13)15(22)20-12-9-21-5-3-10(12)4-6-21/h1-2,7-8,10,12H,3-6,9H2,(H,20,22). The summed E-state index contributed by atoms with van der Waals surface area (Å²) in [5.41, 5.74) is 0.584. The third-order valence-corrected chi connectivity index (χ3v) is 4.68. The molecule has 5 rings (SSSR count). The average Bonchev–Trinajstić information content (AvgIpc) is 3.07. The van der Waals surface area contributed by atoms with Gasteiger partial charge in [-0.25, -0.2) is 9.97 Å². The molecule has 120 valence electrons. The Kier molecular flexibility index (Phi) is 3.57. The summed E-state index contributed by atoms with van der Waals surface area (Å²) in [5.74, 6) is 0.107. The fourth-order valence-corrected chi connectivity index (χ4v) is 3.39. The monoisotopic (exact) mass is 316 g/mol. The number of nitrogens with one attached hydrogen (secondary N) is 1. The Labute approximate surface area is 132 Å². The van der Waals surface area contributed by atoms with Crippen molar-refractivity contribution in [1.29, 1.82) is 0 Å². The van der Waals surface area contributed by atoms with E-state index in [-0.39, 0.29) is 17.8 Å². The first-order valence-corrected chi connectivity index (χ1v) is 7.80. The van der Waals surface area contributed by atoms with E-state index in [1.165, 1.54) is 24.5 Å². The number of oxazole rings is 1. The summed E-state index contributed by atoms with van der Waals surface area (Å²) in [6.45, 7) is 3.14.